The Morgan fingerprint density at radius 2 is 2.00 bits per heavy atom. The number of hydrogen-bond donors (Lipinski definition) is 1. The predicted molar refractivity (Wildman–Crippen MR) is 76.6 cm³/mol. The Morgan fingerprint density at radius 1 is 1.19 bits per heavy atom. The van der Waals surface area contributed by atoms with Gasteiger partial charge in [0.2, 0.25) is 5.03 Å². The highest BCUT2D eigenvalue weighted by molar-refractivity contribution is 7.89. The third kappa shape index (κ3) is 2.82. The van der Waals surface area contributed by atoms with E-state index in [-0.39, 0.29) is 6.04 Å². The van der Waals surface area contributed by atoms with Gasteiger partial charge in [-0.05, 0) is 42.5 Å². The van der Waals surface area contributed by atoms with Crippen LogP contribution in [0.2, 0.25) is 0 Å². The minimum atomic E-state index is -3.97. The lowest BCUT2D eigenvalue weighted by Gasteiger charge is -2.26. The number of nitrogens with one attached hydrogen (secondary N) is 1. The van der Waals surface area contributed by atoms with Crippen LogP contribution in [0.15, 0.2) is 47.6 Å². The molecule has 0 saturated heterocycles. The summed E-state index contributed by atoms with van der Waals surface area (Å²) in [6, 6.07) is 9.86. The monoisotopic (exact) mass is 306 g/mol. The third-order valence-electron chi connectivity index (χ3n) is 3.65. The van der Waals surface area contributed by atoms with Gasteiger partial charge < -0.3 is 0 Å². The second kappa shape index (κ2) is 5.54. The molecule has 1 aromatic heterocycles. The van der Waals surface area contributed by atoms with Crippen LogP contribution < -0.4 is 4.72 Å². The molecule has 0 radical (unpaired) electrons. The molecule has 0 spiro atoms. The summed E-state index contributed by atoms with van der Waals surface area (Å²) in [5, 5.41) is -0.548. The number of sulfonamides is 1. The summed E-state index contributed by atoms with van der Waals surface area (Å²) < 4.78 is 40.9. The van der Waals surface area contributed by atoms with Crippen molar-refractivity contribution in [3.05, 3.63) is 59.5 Å². The maximum atomic E-state index is 13.7. The van der Waals surface area contributed by atoms with Gasteiger partial charge in [-0.1, -0.05) is 24.3 Å². The van der Waals surface area contributed by atoms with Gasteiger partial charge in [0.25, 0.3) is 10.0 Å². The van der Waals surface area contributed by atoms with Crippen molar-refractivity contribution < 1.29 is 12.8 Å². The molecular formula is C15H15FN2O2S. The van der Waals surface area contributed by atoms with E-state index in [0.29, 0.717) is 6.42 Å². The fourth-order valence-corrected chi connectivity index (χ4v) is 3.94. The Bertz CT molecular complexity index is 762. The Balaban J connectivity index is 1.93. The topological polar surface area (TPSA) is 59.1 Å². The minimum absolute atomic E-state index is 0.332. The SMILES string of the molecule is O=S(=O)(NC1CCCc2ccccc21)c1ncccc1F. The lowest BCUT2D eigenvalue weighted by Crippen LogP contribution is -2.32. The Labute approximate surface area is 123 Å². The summed E-state index contributed by atoms with van der Waals surface area (Å²) in [5.41, 5.74) is 2.10. The molecular weight excluding hydrogens is 291 g/mol. The molecule has 1 N–H and O–H groups in total. The standard InChI is InChI=1S/C15H15FN2O2S/c16-13-8-4-10-17-15(13)21(19,20)18-14-9-3-6-11-5-1-2-7-12(11)14/h1-2,4-5,7-8,10,14,18H,3,6,9H2. The van der Waals surface area contributed by atoms with Gasteiger partial charge in [0.15, 0.2) is 5.82 Å². The molecule has 1 aromatic carbocycles. The second-order valence-electron chi connectivity index (χ2n) is 5.06. The highest BCUT2D eigenvalue weighted by Gasteiger charge is 2.28. The predicted octanol–water partition coefficient (Wildman–Crippen LogP) is 2.58. The molecule has 1 aliphatic rings. The number of pyridine rings is 1. The number of rotatable bonds is 3. The van der Waals surface area contributed by atoms with Gasteiger partial charge in [-0.15, -0.1) is 0 Å². The van der Waals surface area contributed by atoms with Crippen LogP contribution in [0, 0.1) is 5.82 Å². The van der Waals surface area contributed by atoms with Crippen LogP contribution in [0.4, 0.5) is 4.39 Å². The number of nitrogens with zero attached hydrogens (tertiary/aromatic N) is 1. The number of benzene rings is 1. The van der Waals surface area contributed by atoms with Gasteiger partial charge in [-0.2, -0.15) is 0 Å². The highest BCUT2D eigenvalue weighted by atomic mass is 32.2. The van der Waals surface area contributed by atoms with Crippen LogP contribution >= 0.6 is 0 Å². The van der Waals surface area contributed by atoms with E-state index in [4.69, 9.17) is 0 Å². The van der Waals surface area contributed by atoms with Gasteiger partial charge in [-0.25, -0.2) is 22.5 Å². The molecule has 0 amide bonds. The number of hydrogen-bond acceptors (Lipinski definition) is 3. The molecule has 4 nitrogen and oxygen atoms in total. The zero-order chi connectivity index (χ0) is 14.9. The minimum Gasteiger partial charge on any atom is -0.241 e. The van der Waals surface area contributed by atoms with Crippen molar-refractivity contribution in [3.63, 3.8) is 0 Å². The van der Waals surface area contributed by atoms with Crippen molar-refractivity contribution in [1.82, 2.24) is 9.71 Å². The summed E-state index contributed by atoms with van der Waals surface area (Å²) >= 11 is 0. The average Bonchev–Trinajstić information content (AvgIpc) is 2.47. The number of fused-ring (bicyclic) bond motifs is 1. The van der Waals surface area contributed by atoms with E-state index in [1.54, 1.807) is 0 Å². The van der Waals surface area contributed by atoms with Crippen LogP contribution in [-0.4, -0.2) is 13.4 Å². The van der Waals surface area contributed by atoms with Crippen molar-refractivity contribution in [2.45, 2.75) is 30.3 Å². The average molecular weight is 306 g/mol. The molecule has 1 atom stereocenters. The molecule has 2 aromatic rings. The maximum Gasteiger partial charge on any atom is 0.261 e. The van der Waals surface area contributed by atoms with Crippen molar-refractivity contribution in [2.24, 2.45) is 0 Å². The molecule has 1 unspecified atom stereocenters. The van der Waals surface area contributed by atoms with E-state index < -0.39 is 20.9 Å². The van der Waals surface area contributed by atoms with Crippen molar-refractivity contribution in [1.29, 1.82) is 0 Å². The van der Waals surface area contributed by atoms with Crippen LogP contribution in [0.25, 0.3) is 0 Å². The molecule has 0 aliphatic heterocycles. The fourth-order valence-electron chi connectivity index (χ4n) is 2.69. The summed E-state index contributed by atoms with van der Waals surface area (Å²) in [5.74, 6) is -0.839. The Morgan fingerprint density at radius 3 is 2.81 bits per heavy atom. The van der Waals surface area contributed by atoms with E-state index in [2.05, 4.69) is 9.71 Å². The first-order chi connectivity index (χ1) is 10.1. The second-order valence-corrected chi connectivity index (χ2v) is 6.68. The van der Waals surface area contributed by atoms with Crippen LogP contribution in [0.5, 0.6) is 0 Å². The van der Waals surface area contributed by atoms with E-state index in [0.717, 1.165) is 30.0 Å². The summed E-state index contributed by atoms with van der Waals surface area (Å²) in [6.45, 7) is 0. The zero-order valence-corrected chi connectivity index (χ0v) is 12.1. The van der Waals surface area contributed by atoms with Crippen LogP contribution in [0.3, 0.4) is 0 Å². The fraction of sp³-hybridized carbons (Fsp3) is 0.267. The van der Waals surface area contributed by atoms with Crippen LogP contribution in [-0.2, 0) is 16.4 Å². The molecule has 0 saturated carbocycles. The molecule has 1 aliphatic carbocycles. The molecule has 110 valence electrons. The Hall–Kier alpha value is -1.79. The van der Waals surface area contributed by atoms with E-state index in [9.17, 15) is 12.8 Å². The van der Waals surface area contributed by atoms with Gasteiger partial charge in [0.1, 0.15) is 0 Å². The molecule has 0 bridgehead atoms. The van der Waals surface area contributed by atoms with Gasteiger partial charge in [0.05, 0.1) is 0 Å². The number of halogens is 1. The normalized spacial score (nSPS) is 18.2. The van der Waals surface area contributed by atoms with E-state index in [1.165, 1.54) is 12.3 Å². The highest BCUT2D eigenvalue weighted by Crippen LogP contribution is 2.30. The quantitative estimate of drug-likeness (QED) is 0.948. The van der Waals surface area contributed by atoms with E-state index >= 15 is 0 Å². The first-order valence-corrected chi connectivity index (χ1v) is 8.27. The summed E-state index contributed by atoms with van der Waals surface area (Å²) in [7, 11) is -3.97. The van der Waals surface area contributed by atoms with Gasteiger partial charge in [0, 0.05) is 12.2 Å². The van der Waals surface area contributed by atoms with Crippen molar-refractivity contribution in [3.8, 4) is 0 Å². The summed E-state index contributed by atoms with van der Waals surface area (Å²) in [6.07, 6.45) is 3.80. The lowest BCUT2D eigenvalue weighted by molar-refractivity contribution is 0.497. The van der Waals surface area contributed by atoms with Crippen molar-refractivity contribution >= 4 is 10.0 Å². The first-order valence-electron chi connectivity index (χ1n) is 6.78. The Kier molecular flexibility index (Phi) is 3.73. The zero-order valence-electron chi connectivity index (χ0n) is 11.3. The van der Waals surface area contributed by atoms with Gasteiger partial charge >= 0.3 is 0 Å². The lowest BCUT2D eigenvalue weighted by atomic mass is 9.88. The molecule has 21 heavy (non-hydrogen) atoms. The maximum absolute atomic E-state index is 13.7. The number of aromatic nitrogens is 1. The third-order valence-corrected chi connectivity index (χ3v) is 5.05. The molecule has 3 rings (SSSR count). The van der Waals surface area contributed by atoms with Crippen molar-refractivity contribution in [2.75, 3.05) is 0 Å². The smallest absolute Gasteiger partial charge is 0.241 e. The largest absolute Gasteiger partial charge is 0.261 e. The number of aryl methyl sites for hydroxylation is 1. The van der Waals surface area contributed by atoms with Gasteiger partial charge in [-0.3, -0.25) is 0 Å². The van der Waals surface area contributed by atoms with E-state index in [1.807, 2.05) is 24.3 Å². The molecule has 1 heterocycles. The molecule has 0 fully saturated rings. The molecule has 6 heteroatoms. The first kappa shape index (κ1) is 14.2. The van der Waals surface area contributed by atoms with Crippen LogP contribution in [0.1, 0.15) is 30.0 Å². The summed E-state index contributed by atoms with van der Waals surface area (Å²) in [4.78, 5) is 3.65.